The van der Waals surface area contributed by atoms with E-state index in [1.54, 1.807) is 12.4 Å². The third-order valence-electron chi connectivity index (χ3n) is 11.9. The van der Waals surface area contributed by atoms with Crippen LogP contribution < -0.4 is 0 Å². The van der Waals surface area contributed by atoms with Crippen LogP contribution in [-0.2, 0) is 5.41 Å². The molecule has 0 fully saturated rings. The Balaban J connectivity index is 1.25. The van der Waals surface area contributed by atoms with Gasteiger partial charge in [-0.3, -0.25) is 9.59 Å². The van der Waals surface area contributed by atoms with Gasteiger partial charge in [0, 0.05) is 28.9 Å². The Morgan fingerprint density at radius 1 is 0.455 bits per heavy atom. The van der Waals surface area contributed by atoms with E-state index in [1.807, 2.05) is 48.5 Å². The summed E-state index contributed by atoms with van der Waals surface area (Å²) in [4.78, 5) is 32.2. The van der Waals surface area contributed by atoms with Crippen molar-refractivity contribution < 1.29 is 9.59 Å². The number of unbranched alkanes of at least 4 members (excludes halogenated alkanes) is 10. The number of benzene rings is 4. The molecule has 282 valence electrons. The fourth-order valence-corrected chi connectivity index (χ4v) is 8.81. The number of aromatic nitrogens is 2. The molecule has 1 aliphatic carbocycles. The lowest BCUT2D eigenvalue weighted by Crippen LogP contribution is -2.25. The van der Waals surface area contributed by atoms with E-state index in [-0.39, 0.29) is 17.0 Å². The van der Waals surface area contributed by atoms with E-state index in [9.17, 15) is 9.59 Å². The summed E-state index contributed by atoms with van der Waals surface area (Å²) in [5, 5.41) is 0. The average molecular weight is 729 g/mol. The minimum atomic E-state index is -0.0841. The quantitative estimate of drug-likeness (QED) is 0.0607. The molecule has 0 atom stereocenters. The van der Waals surface area contributed by atoms with Crippen molar-refractivity contribution in [2.45, 2.75) is 109 Å². The number of rotatable bonds is 20. The van der Waals surface area contributed by atoms with Crippen LogP contribution in [0.25, 0.3) is 33.4 Å². The van der Waals surface area contributed by atoms with Crippen LogP contribution >= 0.6 is 0 Å². The lowest BCUT2D eigenvalue weighted by molar-refractivity contribution is 0.102. The van der Waals surface area contributed by atoms with Crippen molar-refractivity contribution in [1.29, 1.82) is 0 Å². The van der Waals surface area contributed by atoms with E-state index in [1.165, 1.54) is 110 Å². The van der Waals surface area contributed by atoms with Gasteiger partial charge in [-0.2, -0.15) is 0 Å². The zero-order chi connectivity index (χ0) is 38.0. The SMILES string of the molecule is CCCCCCCCC1(CCCCCCCC)c2cc(-c3ccc(C(=O)c4ccc[nH]4)cc3)ccc2-c2ccc(-c3ccc(C(=O)c4ccc[nH]4)cc3)cc21. The summed E-state index contributed by atoms with van der Waals surface area (Å²) in [6.45, 7) is 4.58. The maximum absolute atomic E-state index is 13.1. The molecule has 0 spiro atoms. The number of ketones is 2. The molecule has 0 amide bonds. The van der Waals surface area contributed by atoms with Gasteiger partial charge in [-0.25, -0.2) is 0 Å². The summed E-state index contributed by atoms with van der Waals surface area (Å²) in [7, 11) is 0. The van der Waals surface area contributed by atoms with Gasteiger partial charge in [-0.15, -0.1) is 0 Å². The number of fused-ring (bicyclic) bond motifs is 3. The van der Waals surface area contributed by atoms with Crippen LogP contribution in [-0.4, -0.2) is 21.5 Å². The molecule has 0 bridgehead atoms. The second-order valence-corrected chi connectivity index (χ2v) is 15.6. The zero-order valence-corrected chi connectivity index (χ0v) is 32.8. The van der Waals surface area contributed by atoms with Gasteiger partial charge in [-0.05, 0) is 93.7 Å². The van der Waals surface area contributed by atoms with Crippen LogP contribution in [0.5, 0.6) is 0 Å². The number of aromatic amines is 2. The van der Waals surface area contributed by atoms with E-state index in [0.29, 0.717) is 22.5 Å². The van der Waals surface area contributed by atoms with Gasteiger partial charge in [0.25, 0.3) is 0 Å². The minimum Gasteiger partial charge on any atom is -0.359 e. The first-order valence-electron chi connectivity index (χ1n) is 20.9. The number of nitrogens with one attached hydrogen (secondary N) is 2. The molecular weight excluding hydrogens is 673 g/mol. The Bertz CT molecular complexity index is 2000. The maximum Gasteiger partial charge on any atom is 0.209 e. The fraction of sp³-hybridized carbons (Fsp3) is 0.333. The van der Waals surface area contributed by atoms with Crippen LogP contribution in [0, 0.1) is 0 Å². The Morgan fingerprint density at radius 3 is 1.22 bits per heavy atom. The predicted octanol–water partition coefficient (Wildman–Crippen LogP) is 13.9. The van der Waals surface area contributed by atoms with Crippen molar-refractivity contribution in [3.63, 3.8) is 0 Å². The van der Waals surface area contributed by atoms with E-state index in [0.717, 1.165) is 24.0 Å². The van der Waals surface area contributed by atoms with Gasteiger partial charge in [0.2, 0.25) is 11.6 Å². The highest BCUT2D eigenvalue weighted by Crippen LogP contribution is 2.55. The first kappa shape index (κ1) is 38.1. The summed E-state index contributed by atoms with van der Waals surface area (Å²) in [5.74, 6) is 0.0193. The van der Waals surface area contributed by atoms with Gasteiger partial charge in [0.05, 0.1) is 11.4 Å². The summed E-state index contributed by atoms with van der Waals surface area (Å²) >= 11 is 0. The van der Waals surface area contributed by atoms with Crippen LogP contribution in [0.15, 0.2) is 122 Å². The Labute approximate surface area is 327 Å². The topological polar surface area (TPSA) is 65.7 Å². The van der Waals surface area contributed by atoms with Crippen molar-refractivity contribution in [3.05, 3.63) is 155 Å². The predicted molar refractivity (Wildman–Crippen MR) is 228 cm³/mol. The zero-order valence-electron chi connectivity index (χ0n) is 32.8. The van der Waals surface area contributed by atoms with Gasteiger partial charge in [0.15, 0.2) is 0 Å². The lowest BCUT2D eigenvalue weighted by atomic mass is 9.70. The number of carbonyl (C=O) groups is 2. The Morgan fingerprint density at radius 2 is 0.836 bits per heavy atom. The lowest BCUT2D eigenvalue weighted by Gasteiger charge is -2.33. The highest BCUT2D eigenvalue weighted by molar-refractivity contribution is 6.08. The van der Waals surface area contributed by atoms with Crippen molar-refractivity contribution in [3.8, 4) is 33.4 Å². The molecular formula is C51H56N2O2. The van der Waals surface area contributed by atoms with Crippen molar-refractivity contribution in [2.75, 3.05) is 0 Å². The van der Waals surface area contributed by atoms with E-state index in [2.05, 4.69) is 84.5 Å². The van der Waals surface area contributed by atoms with Crippen LogP contribution in [0.1, 0.15) is 147 Å². The van der Waals surface area contributed by atoms with Crippen LogP contribution in [0.4, 0.5) is 0 Å². The van der Waals surface area contributed by atoms with Crippen molar-refractivity contribution in [2.24, 2.45) is 0 Å². The van der Waals surface area contributed by atoms with Gasteiger partial charge in [0.1, 0.15) is 0 Å². The monoisotopic (exact) mass is 728 g/mol. The summed E-state index contributed by atoms with van der Waals surface area (Å²) in [6, 6.07) is 37.8. The van der Waals surface area contributed by atoms with Crippen molar-refractivity contribution in [1.82, 2.24) is 9.97 Å². The summed E-state index contributed by atoms with van der Waals surface area (Å²) < 4.78 is 0. The molecule has 0 unspecified atom stereocenters. The Kier molecular flexibility index (Phi) is 12.4. The summed E-state index contributed by atoms with van der Waals surface area (Å²) in [6.07, 6.45) is 21.1. The largest absolute Gasteiger partial charge is 0.359 e. The first-order valence-corrected chi connectivity index (χ1v) is 20.9. The second kappa shape index (κ2) is 17.9. The minimum absolute atomic E-state index is 0.00963. The molecule has 2 heterocycles. The highest BCUT2D eigenvalue weighted by Gasteiger charge is 2.42. The molecule has 0 saturated heterocycles. The second-order valence-electron chi connectivity index (χ2n) is 15.6. The molecule has 0 aliphatic heterocycles. The molecule has 0 saturated carbocycles. The summed E-state index contributed by atoms with van der Waals surface area (Å²) in [5.41, 5.74) is 12.8. The molecule has 1 aliphatic rings. The molecule has 6 aromatic rings. The standard InChI is InChI=1S/C51H56N2O2/c1-3-5-7-9-11-13-31-51(32-14-12-10-8-6-4-2)45-35-41(37-19-23-39(24-20-37)49(54)47-17-15-33-52-47)27-29-43(45)44-30-28-42(36-46(44)51)38-21-25-40(26-22-38)50(55)48-18-16-34-53-48/h15-30,33-36,52-53H,3-14,31-32H2,1-2H3. The molecule has 4 nitrogen and oxygen atoms in total. The molecule has 0 radical (unpaired) electrons. The molecule has 2 aromatic heterocycles. The van der Waals surface area contributed by atoms with Crippen LogP contribution in [0.2, 0.25) is 0 Å². The maximum atomic E-state index is 13.1. The van der Waals surface area contributed by atoms with E-state index in [4.69, 9.17) is 0 Å². The average Bonchev–Trinajstić information content (AvgIpc) is 4.02. The number of H-pyrrole nitrogens is 2. The smallest absolute Gasteiger partial charge is 0.209 e. The first-order chi connectivity index (χ1) is 27.0. The van der Waals surface area contributed by atoms with E-state index < -0.39 is 0 Å². The fourth-order valence-electron chi connectivity index (χ4n) is 8.81. The molecule has 4 heteroatoms. The van der Waals surface area contributed by atoms with Gasteiger partial charge >= 0.3 is 0 Å². The number of hydrogen-bond acceptors (Lipinski definition) is 2. The highest BCUT2D eigenvalue weighted by atomic mass is 16.1. The molecule has 2 N–H and O–H groups in total. The third-order valence-corrected chi connectivity index (χ3v) is 11.9. The number of carbonyl (C=O) groups excluding carboxylic acids is 2. The molecule has 55 heavy (non-hydrogen) atoms. The van der Waals surface area contributed by atoms with Gasteiger partial charge in [-0.1, -0.05) is 164 Å². The van der Waals surface area contributed by atoms with Gasteiger partial charge < -0.3 is 9.97 Å². The normalized spacial score (nSPS) is 12.8. The number of hydrogen-bond donors (Lipinski definition) is 2. The van der Waals surface area contributed by atoms with Crippen molar-refractivity contribution >= 4 is 11.6 Å². The molecule has 7 rings (SSSR count). The van der Waals surface area contributed by atoms with Crippen LogP contribution in [0.3, 0.4) is 0 Å². The molecule has 4 aromatic carbocycles. The Hall–Kier alpha value is -5.22. The van der Waals surface area contributed by atoms with E-state index >= 15 is 0 Å². The third kappa shape index (κ3) is 8.39.